The molecule has 100 valence electrons. The van der Waals surface area contributed by atoms with Gasteiger partial charge in [-0.05, 0) is 18.2 Å². The Hall–Kier alpha value is -1.76. The highest BCUT2D eigenvalue weighted by Gasteiger charge is 2.39. The number of ketones is 1. The fourth-order valence-corrected chi connectivity index (χ4v) is 1.22. The van der Waals surface area contributed by atoms with E-state index in [0.29, 0.717) is 0 Å². The van der Waals surface area contributed by atoms with E-state index in [1.807, 2.05) is 0 Å². The average Bonchev–Trinajstić information content (AvgIpc) is 2.33. The van der Waals surface area contributed by atoms with E-state index in [-0.39, 0.29) is 18.3 Å². The number of hydrogen-bond donors (Lipinski definition) is 0. The monoisotopic (exact) mass is 264 g/mol. The maximum absolute atomic E-state index is 12.3. The molecule has 1 aromatic carbocycles. The Labute approximate surface area is 101 Å². The van der Waals surface area contributed by atoms with Crippen molar-refractivity contribution in [1.82, 2.24) is 0 Å². The van der Waals surface area contributed by atoms with Crippen molar-refractivity contribution in [2.75, 3.05) is 21.0 Å². The third-order valence-corrected chi connectivity index (χ3v) is 2.02. The van der Waals surface area contributed by atoms with Crippen molar-refractivity contribution >= 4 is 5.78 Å². The summed E-state index contributed by atoms with van der Waals surface area (Å²) in [6.07, 6.45) is -4.92. The fourth-order valence-electron chi connectivity index (χ4n) is 1.22. The highest BCUT2D eigenvalue weighted by molar-refractivity contribution is 6.00. The van der Waals surface area contributed by atoms with Gasteiger partial charge in [0.2, 0.25) is 0 Å². The number of Topliss-reactive ketones (excluding diaryl/α,β-unsaturated/α-hetero) is 1. The summed E-state index contributed by atoms with van der Waals surface area (Å²) in [5.41, 5.74) is -0.519. The van der Waals surface area contributed by atoms with Crippen LogP contribution in [-0.2, 0) is 4.74 Å². The molecule has 0 atom stereocenters. The number of ether oxygens (including phenoxy) is 3. The van der Waals surface area contributed by atoms with E-state index in [4.69, 9.17) is 9.47 Å². The van der Waals surface area contributed by atoms with Crippen LogP contribution >= 0.6 is 0 Å². The van der Waals surface area contributed by atoms with Gasteiger partial charge >= 0.3 is 6.18 Å². The average molecular weight is 264 g/mol. The van der Waals surface area contributed by atoms with Gasteiger partial charge in [0.15, 0.2) is 18.3 Å². The Kier molecular flexibility index (Phi) is 4.55. The Morgan fingerprint density at radius 1 is 1.22 bits per heavy atom. The summed E-state index contributed by atoms with van der Waals surface area (Å²) in [7, 11) is 2.69. The largest absolute Gasteiger partial charge is 0.493 e. The van der Waals surface area contributed by atoms with Gasteiger partial charge in [-0.25, -0.2) is 0 Å². The zero-order valence-corrected chi connectivity index (χ0v) is 9.71. The maximum atomic E-state index is 12.3. The number of carbonyl (C=O) groups excluding carboxylic acids is 1. The van der Waals surface area contributed by atoms with Crippen LogP contribution in [0.1, 0.15) is 10.4 Å². The van der Waals surface area contributed by atoms with Crippen molar-refractivity contribution in [3.05, 3.63) is 23.8 Å². The summed E-state index contributed by atoms with van der Waals surface area (Å²) in [6.45, 7) is -0.167. The molecule has 0 N–H and O–H groups in total. The molecule has 0 heterocycles. The van der Waals surface area contributed by atoms with Gasteiger partial charge in [0, 0.05) is 12.7 Å². The molecule has 0 bridgehead atoms. The molecule has 0 aliphatic rings. The van der Waals surface area contributed by atoms with Crippen LogP contribution < -0.4 is 9.47 Å². The number of halogens is 3. The highest BCUT2D eigenvalue weighted by Crippen LogP contribution is 2.30. The van der Waals surface area contributed by atoms with Crippen molar-refractivity contribution in [1.29, 1.82) is 0 Å². The lowest BCUT2D eigenvalue weighted by Gasteiger charge is -2.12. The molecule has 0 fully saturated rings. The number of rotatable bonds is 5. The first-order valence-corrected chi connectivity index (χ1v) is 4.81. The molecule has 0 aliphatic carbocycles. The van der Waals surface area contributed by atoms with Gasteiger partial charge in [0.1, 0.15) is 0 Å². The second kappa shape index (κ2) is 5.72. The third kappa shape index (κ3) is 3.36. The van der Waals surface area contributed by atoms with E-state index < -0.39 is 17.5 Å². The topological polar surface area (TPSA) is 44.8 Å². The van der Waals surface area contributed by atoms with Crippen LogP contribution in [0.4, 0.5) is 13.2 Å². The Balaban J connectivity index is 3.06. The van der Waals surface area contributed by atoms with Gasteiger partial charge in [0.05, 0.1) is 7.11 Å². The summed E-state index contributed by atoms with van der Waals surface area (Å²) in [5, 5.41) is 0. The Morgan fingerprint density at radius 2 is 1.89 bits per heavy atom. The molecule has 0 aliphatic heterocycles. The van der Waals surface area contributed by atoms with Crippen LogP contribution in [0.2, 0.25) is 0 Å². The van der Waals surface area contributed by atoms with Gasteiger partial charge in [-0.3, -0.25) is 4.79 Å². The van der Waals surface area contributed by atoms with Crippen LogP contribution in [0.3, 0.4) is 0 Å². The lowest BCUT2D eigenvalue weighted by atomic mass is 10.1. The van der Waals surface area contributed by atoms with E-state index in [2.05, 4.69) is 4.74 Å². The van der Waals surface area contributed by atoms with Crippen LogP contribution in [-0.4, -0.2) is 33.0 Å². The van der Waals surface area contributed by atoms with E-state index in [1.165, 1.54) is 20.3 Å². The van der Waals surface area contributed by atoms with Crippen molar-refractivity contribution < 1.29 is 32.2 Å². The molecule has 0 unspecified atom stereocenters. The van der Waals surface area contributed by atoms with Crippen LogP contribution in [0.25, 0.3) is 0 Å². The minimum absolute atomic E-state index is 0.00875. The first-order chi connectivity index (χ1) is 8.40. The van der Waals surface area contributed by atoms with Crippen LogP contribution in [0.15, 0.2) is 18.2 Å². The molecule has 0 amide bonds. The molecule has 0 saturated heterocycles. The molecule has 0 radical (unpaired) electrons. The number of hydrogen-bond acceptors (Lipinski definition) is 4. The molecular weight excluding hydrogens is 253 g/mol. The summed E-state index contributed by atoms with van der Waals surface area (Å²) in [4.78, 5) is 11.0. The van der Waals surface area contributed by atoms with Crippen LogP contribution in [0, 0.1) is 0 Å². The molecule has 4 nitrogen and oxygen atoms in total. The molecule has 1 rings (SSSR count). The summed E-state index contributed by atoms with van der Waals surface area (Å²) in [5.74, 6) is -1.72. The first kappa shape index (κ1) is 14.3. The van der Waals surface area contributed by atoms with Gasteiger partial charge in [0.25, 0.3) is 5.78 Å². The third-order valence-electron chi connectivity index (χ3n) is 2.02. The van der Waals surface area contributed by atoms with E-state index >= 15 is 0 Å². The molecule has 0 spiro atoms. The quantitative estimate of drug-likeness (QED) is 0.605. The summed E-state index contributed by atoms with van der Waals surface area (Å²) < 4.78 is 51.3. The number of alkyl halides is 3. The summed E-state index contributed by atoms with van der Waals surface area (Å²) >= 11 is 0. The predicted molar refractivity (Wildman–Crippen MR) is 55.9 cm³/mol. The van der Waals surface area contributed by atoms with E-state index in [9.17, 15) is 18.0 Å². The van der Waals surface area contributed by atoms with E-state index in [1.54, 1.807) is 0 Å². The molecule has 0 aromatic heterocycles. The lowest BCUT2D eigenvalue weighted by molar-refractivity contribution is -0.0885. The first-order valence-electron chi connectivity index (χ1n) is 4.81. The molecular formula is C11H11F3O4. The van der Waals surface area contributed by atoms with E-state index in [0.717, 1.165) is 12.1 Å². The van der Waals surface area contributed by atoms with Crippen molar-refractivity contribution in [3.63, 3.8) is 0 Å². The molecule has 0 saturated carbocycles. The molecule has 18 heavy (non-hydrogen) atoms. The molecule has 7 heteroatoms. The smallest absolute Gasteiger partial charge is 0.454 e. The lowest BCUT2D eigenvalue weighted by Crippen LogP contribution is -2.22. The maximum Gasteiger partial charge on any atom is 0.454 e. The van der Waals surface area contributed by atoms with Gasteiger partial charge < -0.3 is 14.2 Å². The van der Waals surface area contributed by atoms with Gasteiger partial charge in [-0.15, -0.1) is 0 Å². The van der Waals surface area contributed by atoms with Crippen molar-refractivity contribution in [2.24, 2.45) is 0 Å². The SMILES string of the molecule is COCOc1cc(C(=O)C(F)(F)F)ccc1OC. The Morgan fingerprint density at radius 3 is 2.39 bits per heavy atom. The fraction of sp³-hybridized carbons (Fsp3) is 0.364. The van der Waals surface area contributed by atoms with Crippen molar-refractivity contribution in [2.45, 2.75) is 6.18 Å². The summed E-state index contributed by atoms with van der Waals surface area (Å²) in [6, 6.07) is 3.21. The standard InChI is InChI=1S/C11H11F3O4/c1-16-6-18-9-5-7(3-4-8(9)17-2)10(15)11(12,13)14/h3-5H,6H2,1-2H3. The van der Waals surface area contributed by atoms with Crippen molar-refractivity contribution in [3.8, 4) is 11.5 Å². The zero-order valence-electron chi connectivity index (χ0n) is 9.71. The van der Waals surface area contributed by atoms with Gasteiger partial charge in [-0.1, -0.05) is 0 Å². The Bertz CT molecular complexity index is 429. The minimum Gasteiger partial charge on any atom is -0.493 e. The highest BCUT2D eigenvalue weighted by atomic mass is 19.4. The second-order valence-electron chi connectivity index (χ2n) is 3.24. The number of carbonyl (C=O) groups is 1. The van der Waals surface area contributed by atoms with Crippen LogP contribution in [0.5, 0.6) is 11.5 Å². The number of benzene rings is 1. The number of methoxy groups -OCH3 is 2. The van der Waals surface area contributed by atoms with Gasteiger partial charge in [-0.2, -0.15) is 13.2 Å². The second-order valence-corrected chi connectivity index (χ2v) is 3.24. The minimum atomic E-state index is -4.92. The normalized spacial score (nSPS) is 11.2. The predicted octanol–water partition coefficient (Wildman–Crippen LogP) is 2.42. The molecule has 1 aromatic rings. The zero-order chi connectivity index (χ0) is 13.8.